The monoisotopic (exact) mass is 436 g/mol. The molecule has 0 radical (unpaired) electrons. The van der Waals surface area contributed by atoms with Gasteiger partial charge in [-0.05, 0) is 67.0 Å². The molecule has 0 atom stereocenters. The van der Waals surface area contributed by atoms with Crippen molar-refractivity contribution in [2.24, 2.45) is 10.4 Å². The standard InChI is InChI=1S/C23H26Cl2N2.ClH/c24-19-14-20(25)16-21(15-19)26-17-18-4-6-22(7-5-18)27-12-10-23(11-13-27)8-2-1-3-9-23;/h4-7,14-17H,1-3,8-13H2;1H. The minimum absolute atomic E-state index is 0. The molecule has 5 heteroatoms. The lowest BCUT2D eigenvalue weighted by Crippen LogP contribution is -2.41. The first-order chi connectivity index (χ1) is 13.1. The van der Waals surface area contributed by atoms with Gasteiger partial charge in [-0.25, -0.2) is 0 Å². The second-order valence-electron chi connectivity index (χ2n) is 8.03. The largest absolute Gasteiger partial charge is 0.371 e. The number of rotatable bonds is 3. The van der Waals surface area contributed by atoms with E-state index in [0.29, 0.717) is 15.5 Å². The molecule has 0 N–H and O–H groups in total. The Morgan fingerprint density at radius 2 is 1.43 bits per heavy atom. The van der Waals surface area contributed by atoms with Crippen molar-refractivity contribution in [3.63, 3.8) is 0 Å². The van der Waals surface area contributed by atoms with Crippen LogP contribution >= 0.6 is 35.6 Å². The predicted octanol–water partition coefficient (Wildman–Crippen LogP) is 7.72. The summed E-state index contributed by atoms with van der Waals surface area (Å²) in [5.41, 5.74) is 3.82. The van der Waals surface area contributed by atoms with Crippen LogP contribution in [0.4, 0.5) is 11.4 Å². The zero-order chi connectivity index (χ0) is 18.7. The van der Waals surface area contributed by atoms with Gasteiger partial charge in [-0.1, -0.05) is 54.6 Å². The van der Waals surface area contributed by atoms with Crippen LogP contribution in [-0.4, -0.2) is 19.3 Å². The topological polar surface area (TPSA) is 15.6 Å². The van der Waals surface area contributed by atoms with Crippen LogP contribution in [0.3, 0.4) is 0 Å². The van der Waals surface area contributed by atoms with E-state index in [1.807, 2.05) is 18.3 Å². The van der Waals surface area contributed by atoms with Gasteiger partial charge >= 0.3 is 0 Å². The summed E-state index contributed by atoms with van der Waals surface area (Å²) in [6.07, 6.45) is 11.8. The van der Waals surface area contributed by atoms with Crippen LogP contribution in [0.25, 0.3) is 0 Å². The number of anilines is 1. The third-order valence-electron chi connectivity index (χ3n) is 6.21. The summed E-state index contributed by atoms with van der Waals surface area (Å²) in [6.45, 7) is 2.38. The number of hydrogen-bond acceptors (Lipinski definition) is 2. The van der Waals surface area contributed by atoms with Crippen molar-refractivity contribution in [2.45, 2.75) is 44.9 Å². The molecule has 0 bridgehead atoms. The maximum atomic E-state index is 6.03. The number of aliphatic imine (C=N–C) groups is 1. The van der Waals surface area contributed by atoms with Crippen molar-refractivity contribution in [1.29, 1.82) is 0 Å². The average Bonchev–Trinajstić information content (AvgIpc) is 2.67. The zero-order valence-electron chi connectivity index (χ0n) is 16.0. The highest BCUT2D eigenvalue weighted by molar-refractivity contribution is 6.35. The van der Waals surface area contributed by atoms with Gasteiger partial charge in [0.25, 0.3) is 0 Å². The molecule has 2 aromatic rings. The predicted molar refractivity (Wildman–Crippen MR) is 124 cm³/mol. The third-order valence-corrected chi connectivity index (χ3v) is 6.64. The number of hydrogen-bond donors (Lipinski definition) is 0. The molecule has 1 heterocycles. The summed E-state index contributed by atoms with van der Waals surface area (Å²) < 4.78 is 0. The Hall–Kier alpha value is -1.22. The van der Waals surface area contributed by atoms with E-state index in [1.54, 1.807) is 6.07 Å². The van der Waals surface area contributed by atoms with Gasteiger partial charge in [0.05, 0.1) is 5.69 Å². The Morgan fingerprint density at radius 1 is 0.821 bits per heavy atom. The first-order valence-corrected chi connectivity index (χ1v) is 10.7. The lowest BCUT2D eigenvalue weighted by molar-refractivity contribution is 0.144. The molecule has 2 aromatic carbocycles. The minimum atomic E-state index is 0. The molecule has 1 aliphatic heterocycles. The van der Waals surface area contributed by atoms with Crippen molar-refractivity contribution < 1.29 is 0 Å². The quantitative estimate of drug-likeness (QED) is 0.449. The summed E-state index contributed by atoms with van der Waals surface area (Å²) in [5.74, 6) is 0. The van der Waals surface area contributed by atoms with Crippen LogP contribution < -0.4 is 4.90 Å². The van der Waals surface area contributed by atoms with E-state index in [0.717, 1.165) is 11.3 Å². The maximum absolute atomic E-state index is 6.03. The van der Waals surface area contributed by atoms with Crippen LogP contribution in [0, 0.1) is 5.41 Å². The van der Waals surface area contributed by atoms with E-state index in [4.69, 9.17) is 23.2 Å². The van der Waals surface area contributed by atoms with E-state index in [1.165, 1.54) is 63.7 Å². The summed E-state index contributed by atoms with van der Waals surface area (Å²) in [4.78, 5) is 7.03. The van der Waals surface area contributed by atoms with E-state index in [9.17, 15) is 0 Å². The van der Waals surface area contributed by atoms with Crippen LogP contribution in [0.2, 0.25) is 10.0 Å². The molecule has 1 aliphatic carbocycles. The molecule has 2 fully saturated rings. The zero-order valence-corrected chi connectivity index (χ0v) is 18.4. The molecule has 2 nitrogen and oxygen atoms in total. The highest BCUT2D eigenvalue weighted by Crippen LogP contribution is 2.45. The van der Waals surface area contributed by atoms with E-state index >= 15 is 0 Å². The normalized spacial score (nSPS) is 19.0. The molecular formula is C23H27Cl3N2. The number of piperidine rings is 1. The molecule has 28 heavy (non-hydrogen) atoms. The van der Waals surface area contributed by atoms with Crippen molar-refractivity contribution in [2.75, 3.05) is 18.0 Å². The first kappa shape index (κ1) is 21.5. The molecule has 1 saturated carbocycles. The molecule has 1 spiro atoms. The summed E-state index contributed by atoms with van der Waals surface area (Å²) >= 11 is 12.1. The third kappa shape index (κ3) is 5.23. The fourth-order valence-corrected chi connectivity index (χ4v) is 5.09. The lowest BCUT2D eigenvalue weighted by Gasteiger charge is -2.45. The Bertz CT molecular complexity index is 781. The minimum Gasteiger partial charge on any atom is -0.371 e. The van der Waals surface area contributed by atoms with Crippen LogP contribution in [0.5, 0.6) is 0 Å². The SMILES string of the molecule is Cl.Clc1cc(Cl)cc(N=Cc2ccc(N3CCC4(CCCCC4)CC3)cc2)c1. The smallest absolute Gasteiger partial charge is 0.0659 e. The molecule has 150 valence electrons. The highest BCUT2D eigenvalue weighted by atomic mass is 35.5. The van der Waals surface area contributed by atoms with Gasteiger partial charge < -0.3 is 4.90 Å². The molecule has 1 saturated heterocycles. The van der Waals surface area contributed by atoms with Crippen LogP contribution in [-0.2, 0) is 0 Å². The Balaban J connectivity index is 0.00000225. The Morgan fingerprint density at radius 3 is 2.04 bits per heavy atom. The Kier molecular flexibility index (Phi) is 7.31. The fourth-order valence-electron chi connectivity index (χ4n) is 4.58. The first-order valence-electron chi connectivity index (χ1n) is 9.97. The van der Waals surface area contributed by atoms with Crippen LogP contribution in [0.1, 0.15) is 50.5 Å². The Labute approximate surface area is 184 Å². The van der Waals surface area contributed by atoms with E-state index in [2.05, 4.69) is 34.2 Å². The van der Waals surface area contributed by atoms with Gasteiger partial charge in [-0.2, -0.15) is 0 Å². The molecule has 0 unspecified atom stereocenters. The maximum Gasteiger partial charge on any atom is 0.0659 e. The molecule has 4 rings (SSSR count). The second kappa shape index (κ2) is 9.52. The van der Waals surface area contributed by atoms with Gasteiger partial charge in [0, 0.05) is 35.0 Å². The fraction of sp³-hybridized carbons (Fsp3) is 0.435. The van der Waals surface area contributed by atoms with Crippen molar-refractivity contribution in [3.8, 4) is 0 Å². The highest BCUT2D eigenvalue weighted by Gasteiger charge is 2.35. The van der Waals surface area contributed by atoms with Crippen molar-refractivity contribution >= 4 is 53.2 Å². The van der Waals surface area contributed by atoms with Crippen molar-refractivity contribution in [3.05, 3.63) is 58.1 Å². The lowest BCUT2D eigenvalue weighted by atomic mass is 9.68. The van der Waals surface area contributed by atoms with Crippen molar-refractivity contribution in [1.82, 2.24) is 0 Å². The van der Waals surface area contributed by atoms with E-state index < -0.39 is 0 Å². The van der Waals surface area contributed by atoms with Gasteiger partial charge in [0.15, 0.2) is 0 Å². The number of halogens is 3. The summed E-state index contributed by atoms with van der Waals surface area (Å²) in [5, 5.41) is 1.21. The molecule has 0 aromatic heterocycles. The summed E-state index contributed by atoms with van der Waals surface area (Å²) in [6, 6.07) is 14.0. The van der Waals surface area contributed by atoms with E-state index in [-0.39, 0.29) is 12.4 Å². The van der Waals surface area contributed by atoms with Gasteiger partial charge in [-0.15, -0.1) is 12.4 Å². The summed E-state index contributed by atoms with van der Waals surface area (Å²) in [7, 11) is 0. The molecular weight excluding hydrogens is 411 g/mol. The van der Waals surface area contributed by atoms with Gasteiger partial charge in [0.1, 0.15) is 0 Å². The molecule has 2 aliphatic rings. The number of nitrogens with zero attached hydrogens (tertiary/aromatic N) is 2. The van der Waals surface area contributed by atoms with Crippen LogP contribution in [0.15, 0.2) is 47.5 Å². The van der Waals surface area contributed by atoms with Gasteiger partial charge in [-0.3, -0.25) is 4.99 Å². The average molecular weight is 438 g/mol. The second-order valence-corrected chi connectivity index (χ2v) is 8.90. The molecule has 0 amide bonds. The number of benzene rings is 2. The van der Waals surface area contributed by atoms with Gasteiger partial charge in [0.2, 0.25) is 0 Å².